The molecule has 0 radical (unpaired) electrons. The third-order valence-electron chi connectivity index (χ3n) is 8.69. The zero-order valence-electron chi connectivity index (χ0n) is 18.3. The van der Waals surface area contributed by atoms with Gasteiger partial charge in [-0.05, 0) is 81.9 Å². The maximum atomic E-state index is 12.8. The Hall–Kier alpha value is -0.950. The van der Waals surface area contributed by atoms with Gasteiger partial charge in [0.2, 0.25) is 10.0 Å². The number of nitrogens with one attached hydrogen (secondary N) is 1. The fraction of sp³-hybridized carbons (Fsp3) is 0.750. The fourth-order valence-electron chi connectivity index (χ4n) is 6.60. The Kier molecular flexibility index (Phi) is 5.09. The average Bonchev–Trinajstić information content (AvgIpc) is 3.53. The van der Waals surface area contributed by atoms with Gasteiger partial charge in [-0.25, -0.2) is 13.1 Å². The Balaban J connectivity index is 1.50. The Morgan fingerprint density at radius 2 is 2.00 bits per heavy atom. The van der Waals surface area contributed by atoms with E-state index < -0.39 is 15.6 Å². The molecule has 1 saturated heterocycles. The fourth-order valence-corrected chi connectivity index (χ4v) is 7.93. The van der Waals surface area contributed by atoms with Gasteiger partial charge in [-0.2, -0.15) is 0 Å². The van der Waals surface area contributed by atoms with E-state index in [-0.39, 0.29) is 22.7 Å². The van der Waals surface area contributed by atoms with E-state index in [1.54, 1.807) is 6.92 Å². The smallest absolute Gasteiger partial charge is 0.214 e. The molecule has 5 rings (SSSR count). The number of likely N-dealkylation sites (tertiary alicyclic amines) is 1. The lowest BCUT2D eigenvalue weighted by molar-refractivity contribution is -0.169. The highest BCUT2D eigenvalue weighted by molar-refractivity contribution is 7.90. The number of aliphatic hydroxyl groups is 1. The highest BCUT2D eigenvalue weighted by atomic mass is 32.2. The van der Waals surface area contributed by atoms with Crippen LogP contribution in [0.1, 0.15) is 69.9 Å². The van der Waals surface area contributed by atoms with Crippen LogP contribution in [0.5, 0.6) is 0 Å². The summed E-state index contributed by atoms with van der Waals surface area (Å²) in [5, 5.41) is 11.9. The molecule has 2 saturated carbocycles. The van der Waals surface area contributed by atoms with E-state index in [2.05, 4.69) is 33.9 Å². The molecule has 5 atom stereocenters. The third kappa shape index (κ3) is 3.17. The molecule has 166 valence electrons. The molecule has 1 heterocycles. The van der Waals surface area contributed by atoms with Crippen LogP contribution >= 0.6 is 0 Å². The Morgan fingerprint density at radius 1 is 1.23 bits per heavy atom. The van der Waals surface area contributed by atoms with Crippen LogP contribution < -0.4 is 4.72 Å². The number of hydrogen-bond donors (Lipinski definition) is 2. The van der Waals surface area contributed by atoms with Crippen LogP contribution in [0, 0.1) is 5.92 Å². The summed E-state index contributed by atoms with van der Waals surface area (Å²) in [6.07, 6.45) is 7.15. The summed E-state index contributed by atoms with van der Waals surface area (Å²) < 4.78 is 28.6. The van der Waals surface area contributed by atoms with Gasteiger partial charge in [0, 0.05) is 24.0 Å². The Bertz CT molecular complexity index is 915. The summed E-state index contributed by atoms with van der Waals surface area (Å²) in [7, 11) is -3.34. The first kappa shape index (κ1) is 20.9. The van der Waals surface area contributed by atoms with Gasteiger partial charge >= 0.3 is 0 Å². The molecule has 4 aliphatic rings. The van der Waals surface area contributed by atoms with Gasteiger partial charge in [-0.15, -0.1) is 0 Å². The minimum Gasteiger partial charge on any atom is -0.387 e. The van der Waals surface area contributed by atoms with Gasteiger partial charge in [0.05, 0.1) is 10.9 Å². The minimum atomic E-state index is -3.34. The van der Waals surface area contributed by atoms with Gasteiger partial charge in [-0.3, -0.25) is 4.90 Å². The summed E-state index contributed by atoms with van der Waals surface area (Å²) in [4.78, 5) is 2.56. The summed E-state index contributed by atoms with van der Waals surface area (Å²) >= 11 is 0. The van der Waals surface area contributed by atoms with Crippen LogP contribution in [-0.2, 0) is 21.9 Å². The zero-order chi connectivity index (χ0) is 21.1. The van der Waals surface area contributed by atoms with Crippen molar-refractivity contribution in [2.45, 2.75) is 93.6 Å². The van der Waals surface area contributed by atoms with Crippen molar-refractivity contribution in [3.8, 4) is 0 Å². The van der Waals surface area contributed by atoms with Crippen molar-refractivity contribution >= 4 is 10.0 Å². The third-order valence-corrected chi connectivity index (χ3v) is 10.7. The molecular weight excluding hydrogens is 396 g/mol. The number of sulfonamides is 1. The number of rotatable bonds is 6. The monoisotopic (exact) mass is 432 g/mol. The number of fused-ring (bicyclic) bond motifs is 1. The number of piperidine rings is 1. The first-order valence-electron chi connectivity index (χ1n) is 11.8. The molecule has 2 N–H and O–H groups in total. The Morgan fingerprint density at radius 3 is 2.73 bits per heavy atom. The van der Waals surface area contributed by atoms with Crippen LogP contribution in [0.3, 0.4) is 0 Å². The first-order chi connectivity index (χ1) is 14.3. The minimum absolute atomic E-state index is 0.105. The van der Waals surface area contributed by atoms with Gasteiger partial charge in [0.15, 0.2) is 0 Å². The molecule has 0 aromatic heterocycles. The maximum Gasteiger partial charge on any atom is 0.214 e. The van der Waals surface area contributed by atoms with Crippen molar-refractivity contribution in [2.24, 2.45) is 5.92 Å². The topological polar surface area (TPSA) is 69.6 Å². The summed E-state index contributed by atoms with van der Waals surface area (Å²) in [5.41, 5.74) is 1.49. The summed E-state index contributed by atoms with van der Waals surface area (Å²) in [6, 6.07) is 8.64. The van der Waals surface area contributed by atoms with Crippen molar-refractivity contribution in [1.29, 1.82) is 0 Å². The summed E-state index contributed by atoms with van der Waals surface area (Å²) in [5.74, 6) is 0.803. The molecule has 1 aliphatic heterocycles. The molecule has 6 heteroatoms. The second-order valence-corrected chi connectivity index (χ2v) is 12.5. The maximum absolute atomic E-state index is 12.8. The Labute approximate surface area is 181 Å². The van der Waals surface area contributed by atoms with E-state index in [1.165, 1.54) is 24.0 Å². The number of nitrogens with zero attached hydrogens (tertiary/aromatic N) is 1. The largest absolute Gasteiger partial charge is 0.387 e. The normalized spacial score (nSPS) is 37.3. The van der Waals surface area contributed by atoms with Crippen LogP contribution in [-0.4, -0.2) is 54.4 Å². The molecule has 0 spiro atoms. The van der Waals surface area contributed by atoms with E-state index in [9.17, 15) is 13.5 Å². The van der Waals surface area contributed by atoms with Crippen molar-refractivity contribution in [3.05, 3.63) is 35.4 Å². The molecular formula is C24H36N2O3S. The van der Waals surface area contributed by atoms with Crippen LogP contribution in [0.2, 0.25) is 0 Å². The molecule has 30 heavy (non-hydrogen) atoms. The molecule has 0 amide bonds. The van der Waals surface area contributed by atoms with Crippen LogP contribution in [0.15, 0.2) is 24.3 Å². The zero-order valence-corrected chi connectivity index (χ0v) is 19.1. The summed E-state index contributed by atoms with van der Waals surface area (Å²) in [6.45, 7) is 5.81. The van der Waals surface area contributed by atoms with Gasteiger partial charge in [0.1, 0.15) is 0 Å². The first-order valence-corrected chi connectivity index (χ1v) is 13.4. The van der Waals surface area contributed by atoms with Crippen molar-refractivity contribution in [1.82, 2.24) is 9.62 Å². The van der Waals surface area contributed by atoms with E-state index in [1.807, 2.05) is 6.92 Å². The number of hydrogen-bond acceptors (Lipinski definition) is 4. The highest BCUT2D eigenvalue weighted by Gasteiger charge is 2.64. The van der Waals surface area contributed by atoms with E-state index >= 15 is 0 Å². The van der Waals surface area contributed by atoms with Gasteiger partial charge in [0.25, 0.3) is 0 Å². The molecule has 1 aromatic rings. The van der Waals surface area contributed by atoms with Crippen molar-refractivity contribution < 1.29 is 13.5 Å². The van der Waals surface area contributed by atoms with Gasteiger partial charge in [-0.1, -0.05) is 31.2 Å². The molecule has 1 aromatic carbocycles. The lowest BCUT2D eigenvalue weighted by Gasteiger charge is -2.65. The lowest BCUT2D eigenvalue weighted by Crippen LogP contribution is -2.74. The van der Waals surface area contributed by atoms with Gasteiger partial charge < -0.3 is 5.11 Å². The van der Waals surface area contributed by atoms with Crippen molar-refractivity contribution in [3.63, 3.8) is 0 Å². The predicted molar refractivity (Wildman–Crippen MR) is 119 cm³/mol. The molecule has 5 nitrogen and oxygen atoms in total. The number of benzene rings is 1. The standard InChI is InChI=1S/C24H36N2O3S/c1-3-17(2)30(28,29)25-20-10-11-24(27)22-14-19-6-4-5-7-21(19)23(24,15-20)12-13-26(22)16-18-8-9-18/h4-7,17-18,20,22,25,27H,3,8-16H2,1-2H3/t17?,20?,22-,23-,24-/m1/s1. The molecule has 3 fully saturated rings. The van der Waals surface area contributed by atoms with E-state index in [0.29, 0.717) is 25.7 Å². The van der Waals surface area contributed by atoms with E-state index in [4.69, 9.17) is 0 Å². The highest BCUT2D eigenvalue weighted by Crippen LogP contribution is 2.58. The average molecular weight is 433 g/mol. The quantitative estimate of drug-likeness (QED) is 0.725. The second kappa shape index (κ2) is 7.29. The predicted octanol–water partition coefficient (Wildman–Crippen LogP) is 2.97. The molecule has 3 aliphatic carbocycles. The molecule has 2 bridgehead atoms. The van der Waals surface area contributed by atoms with E-state index in [0.717, 1.165) is 31.8 Å². The van der Waals surface area contributed by atoms with Crippen LogP contribution in [0.4, 0.5) is 0 Å². The van der Waals surface area contributed by atoms with Crippen molar-refractivity contribution in [2.75, 3.05) is 13.1 Å². The van der Waals surface area contributed by atoms with Crippen LogP contribution in [0.25, 0.3) is 0 Å². The molecule has 2 unspecified atom stereocenters. The lowest BCUT2D eigenvalue weighted by atomic mass is 9.49. The SMILES string of the molecule is CCC(C)S(=O)(=O)NC1CC[C@@]2(O)[C@H]3Cc4ccccc4[C@@]2(CCN3CC2CC2)C1. The second-order valence-electron chi connectivity index (χ2n) is 10.4.